The Bertz CT molecular complexity index is 1100. The zero-order valence-corrected chi connectivity index (χ0v) is 23.2. The van der Waals surface area contributed by atoms with Gasteiger partial charge in [-0.3, -0.25) is 14.4 Å². The summed E-state index contributed by atoms with van der Waals surface area (Å²) < 4.78 is 34.4. The van der Waals surface area contributed by atoms with Crippen molar-refractivity contribution in [3.8, 4) is 0 Å². The number of aliphatic hydroxyl groups is 4. The van der Waals surface area contributed by atoms with E-state index in [1.807, 2.05) is 6.92 Å². The van der Waals surface area contributed by atoms with E-state index in [0.717, 1.165) is 0 Å². The van der Waals surface area contributed by atoms with Gasteiger partial charge in [0.15, 0.2) is 6.29 Å². The molecule has 3 heterocycles. The Morgan fingerprint density at radius 3 is 2.41 bits per heavy atom. The van der Waals surface area contributed by atoms with Gasteiger partial charge in [-0.05, 0) is 36.7 Å². The first kappa shape index (κ1) is 29.9. The lowest BCUT2D eigenvalue weighted by molar-refractivity contribution is -0.328. The molecule has 1 aromatic rings. The van der Waals surface area contributed by atoms with Crippen molar-refractivity contribution in [2.45, 2.75) is 102 Å². The minimum absolute atomic E-state index is 0.0735. The Hall–Kier alpha value is -2.55. The monoisotopic (exact) mass is 582 g/mol. The molecule has 0 amide bonds. The van der Waals surface area contributed by atoms with Crippen molar-refractivity contribution in [1.29, 1.82) is 0 Å². The minimum atomic E-state index is -1.64. The SMILES string of the molecule is CC(=O)O[C@@H]1[C@@H]2[C@H](CC[C@H]3C(=O)O[C@H](c4ccoc4)C[C@@]23C)[C@H](O[C@@H]2O[C@H](CO)[C@@H](O)[C@H](O)[C@H]2O)C[C@@H]1OC(C)=O. The molecular formula is C28H38O13. The van der Waals surface area contributed by atoms with Gasteiger partial charge in [-0.25, -0.2) is 0 Å². The van der Waals surface area contributed by atoms with E-state index < -0.39 is 90.9 Å². The average Bonchev–Trinajstić information content (AvgIpc) is 3.45. The molecule has 0 unspecified atom stereocenters. The van der Waals surface area contributed by atoms with Crippen LogP contribution < -0.4 is 0 Å². The van der Waals surface area contributed by atoms with Gasteiger partial charge in [0.05, 0.1) is 31.2 Å². The molecule has 13 heteroatoms. The standard InChI is InChI=1S/C28H38O13/c1-12(30)37-18-8-17(40-27-24(34)23(33)22(32)20(10-29)41-27)15-4-5-16-26(35)39-19(14-6-7-36-11-14)9-28(16,3)21(15)25(18)38-13(2)31/h6-7,11,15-25,27,29,32-34H,4-5,8-10H2,1-3H3/t15-,16+,17-,18+,19+,20-,21+,22-,23+,24-,25+,27-,28-/m1/s1. The molecule has 0 aromatic carbocycles. The number of aliphatic hydroxyl groups excluding tert-OH is 4. The summed E-state index contributed by atoms with van der Waals surface area (Å²) in [6.07, 6.45) is -6.25. The van der Waals surface area contributed by atoms with E-state index >= 15 is 0 Å². The number of cyclic esters (lactones) is 1. The molecule has 41 heavy (non-hydrogen) atoms. The largest absolute Gasteiger partial charge is 0.472 e. The lowest BCUT2D eigenvalue weighted by atomic mass is 9.49. The van der Waals surface area contributed by atoms with Gasteiger partial charge in [0, 0.05) is 31.7 Å². The van der Waals surface area contributed by atoms with Gasteiger partial charge in [-0.15, -0.1) is 0 Å². The van der Waals surface area contributed by atoms with Crippen molar-refractivity contribution in [2.75, 3.05) is 6.61 Å². The number of esters is 3. The van der Waals surface area contributed by atoms with Crippen LogP contribution in [0.3, 0.4) is 0 Å². The quantitative estimate of drug-likeness (QED) is 0.266. The summed E-state index contributed by atoms with van der Waals surface area (Å²) in [4.78, 5) is 37.9. The third-order valence-electron chi connectivity index (χ3n) is 9.33. The first-order valence-corrected chi connectivity index (χ1v) is 14.0. The lowest BCUT2D eigenvalue weighted by Crippen LogP contribution is -2.65. The van der Waals surface area contributed by atoms with Gasteiger partial charge in [0.25, 0.3) is 0 Å². The van der Waals surface area contributed by atoms with Gasteiger partial charge in [0.1, 0.15) is 42.7 Å². The molecule has 4 aliphatic rings. The molecular weight excluding hydrogens is 544 g/mol. The third-order valence-corrected chi connectivity index (χ3v) is 9.33. The smallest absolute Gasteiger partial charge is 0.310 e. The molecule has 2 aliphatic carbocycles. The zero-order chi connectivity index (χ0) is 29.6. The fourth-order valence-corrected chi connectivity index (χ4v) is 7.55. The maximum absolute atomic E-state index is 13.4. The zero-order valence-electron chi connectivity index (χ0n) is 23.2. The maximum Gasteiger partial charge on any atom is 0.310 e. The average molecular weight is 583 g/mol. The molecule has 1 aromatic heterocycles. The second-order valence-corrected chi connectivity index (χ2v) is 11.8. The van der Waals surface area contributed by atoms with Gasteiger partial charge >= 0.3 is 17.9 Å². The molecule has 4 fully saturated rings. The summed E-state index contributed by atoms with van der Waals surface area (Å²) in [7, 11) is 0. The molecule has 0 radical (unpaired) electrons. The second kappa shape index (κ2) is 11.6. The summed E-state index contributed by atoms with van der Waals surface area (Å²) in [5.41, 5.74) is -0.110. The van der Waals surface area contributed by atoms with Crippen molar-refractivity contribution in [3.05, 3.63) is 24.2 Å². The molecule has 0 spiro atoms. The highest BCUT2D eigenvalue weighted by molar-refractivity contribution is 5.75. The molecule has 5 rings (SSSR count). The molecule has 2 aliphatic heterocycles. The summed E-state index contributed by atoms with van der Waals surface area (Å²) in [5, 5.41) is 40.9. The Balaban J connectivity index is 1.52. The number of carbonyl (C=O) groups is 3. The van der Waals surface area contributed by atoms with Gasteiger partial charge in [-0.2, -0.15) is 0 Å². The Labute approximate surface area is 236 Å². The van der Waals surface area contributed by atoms with Gasteiger partial charge < -0.3 is 48.5 Å². The van der Waals surface area contributed by atoms with E-state index in [2.05, 4.69) is 0 Å². The predicted molar refractivity (Wildman–Crippen MR) is 134 cm³/mol. The topological polar surface area (TPSA) is 191 Å². The van der Waals surface area contributed by atoms with Crippen LogP contribution >= 0.6 is 0 Å². The minimum Gasteiger partial charge on any atom is -0.472 e. The van der Waals surface area contributed by atoms with E-state index in [4.69, 9.17) is 28.1 Å². The first-order valence-electron chi connectivity index (χ1n) is 14.0. The highest BCUT2D eigenvalue weighted by Gasteiger charge is 2.64. The number of ether oxygens (including phenoxy) is 5. The summed E-state index contributed by atoms with van der Waals surface area (Å²) in [5.74, 6) is -2.99. The number of carbonyl (C=O) groups excluding carboxylic acids is 3. The van der Waals surface area contributed by atoms with Crippen molar-refractivity contribution >= 4 is 17.9 Å². The van der Waals surface area contributed by atoms with Gasteiger partial charge in [-0.1, -0.05) is 6.92 Å². The Morgan fingerprint density at radius 1 is 1.05 bits per heavy atom. The number of hydrogen-bond acceptors (Lipinski definition) is 13. The van der Waals surface area contributed by atoms with Crippen molar-refractivity contribution < 1.29 is 62.9 Å². The van der Waals surface area contributed by atoms with Crippen LogP contribution in [-0.4, -0.2) is 94.0 Å². The van der Waals surface area contributed by atoms with E-state index in [1.54, 1.807) is 6.07 Å². The molecule has 2 saturated heterocycles. The van der Waals surface area contributed by atoms with E-state index in [1.165, 1.54) is 26.4 Å². The molecule has 2 saturated carbocycles. The van der Waals surface area contributed by atoms with Gasteiger partial charge in [0.2, 0.25) is 0 Å². The fraction of sp³-hybridized carbons (Fsp3) is 0.750. The van der Waals surface area contributed by atoms with E-state index in [0.29, 0.717) is 24.8 Å². The Kier molecular flexibility index (Phi) is 8.48. The van der Waals surface area contributed by atoms with Crippen molar-refractivity contribution in [1.82, 2.24) is 0 Å². The van der Waals surface area contributed by atoms with Crippen LogP contribution in [0.4, 0.5) is 0 Å². The van der Waals surface area contributed by atoms with Crippen molar-refractivity contribution in [2.24, 2.45) is 23.2 Å². The van der Waals surface area contributed by atoms with Crippen LogP contribution in [0.15, 0.2) is 23.0 Å². The van der Waals surface area contributed by atoms with Crippen LogP contribution in [0, 0.1) is 23.2 Å². The summed E-state index contributed by atoms with van der Waals surface area (Å²) >= 11 is 0. The van der Waals surface area contributed by atoms with Crippen LogP contribution in [0.25, 0.3) is 0 Å². The molecule has 13 nitrogen and oxygen atoms in total. The number of hydrogen-bond donors (Lipinski definition) is 4. The summed E-state index contributed by atoms with van der Waals surface area (Å²) in [6.45, 7) is 3.83. The highest BCUT2D eigenvalue weighted by Crippen LogP contribution is 2.61. The predicted octanol–water partition coefficient (Wildman–Crippen LogP) is 0.369. The van der Waals surface area contributed by atoms with E-state index in [9.17, 15) is 34.8 Å². The van der Waals surface area contributed by atoms with Crippen molar-refractivity contribution in [3.63, 3.8) is 0 Å². The third kappa shape index (κ3) is 5.51. The molecule has 4 N–H and O–H groups in total. The molecule has 228 valence electrons. The fourth-order valence-electron chi connectivity index (χ4n) is 7.55. The summed E-state index contributed by atoms with van der Waals surface area (Å²) in [6, 6.07) is 1.72. The number of furan rings is 1. The number of fused-ring (bicyclic) bond motifs is 3. The van der Waals surface area contributed by atoms with Crippen LogP contribution in [-0.2, 0) is 38.1 Å². The maximum atomic E-state index is 13.4. The second-order valence-electron chi connectivity index (χ2n) is 11.8. The molecule has 13 atom stereocenters. The van der Waals surface area contributed by atoms with E-state index in [-0.39, 0.29) is 18.3 Å². The van der Waals surface area contributed by atoms with Crippen LogP contribution in [0.2, 0.25) is 0 Å². The normalized spacial score (nSPS) is 44.2. The van der Waals surface area contributed by atoms with Crippen LogP contribution in [0.1, 0.15) is 58.1 Å². The lowest BCUT2D eigenvalue weighted by Gasteiger charge is -2.59. The molecule has 0 bridgehead atoms. The van der Waals surface area contributed by atoms with Crippen LogP contribution in [0.5, 0.6) is 0 Å². The Morgan fingerprint density at radius 2 is 1.78 bits per heavy atom. The number of rotatable bonds is 6. The highest BCUT2D eigenvalue weighted by atomic mass is 16.7. The first-order chi connectivity index (χ1) is 19.4.